The molecule has 24 heavy (non-hydrogen) atoms. The van der Waals surface area contributed by atoms with E-state index in [-0.39, 0.29) is 6.61 Å². The highest BCUT2D eigenvalue weighted by Crippen LogP contribution is 2.25. The minimum Gasteiger partial charge on any atom is -0.387 e. The number of hydrogen-bond donors (Lipinski definition) is 2. The molecule has 1 fully saturated rings. The van der Waals surface area contributed by atoms with Crippen LogP contribution in [0, 0.1) is 0 Å². The van der Waals surface area contributed by atoms with Crippen molar-refractivity contribution < 1.29 is 29.2 Å². The number of ether oxygens (including phenoxy) is 4. The maximum absolute atomic E-state index is 10.4. The summed E-state index contributed by atoms with van der Waals surface area (Å²) in [6.45, 7) is 8.17. The summed E-state index contributed by atoms with van der Waals surface area (Å²) in [5.74, 6) is 0. The minimum atomic E-state index is -1.04. The molecule has 0 aliphatic carbocycles. The predicted octanol–water partition coefficient (Wildman–Crippen LogP) is 2.25. The van der Waals surface area contributed by atoms with Gasteiger partial charge in [0.1, 0.15) is 24.4 Å². The zero-order valence-electron chi connectivity index (χ0n) is 15.5. The molecule has 1 heterocycles. The van der Waals surface area contributed by atoms with E-state index in [0.29, 0.717) is 19.8 Å². The van der Waals surface area contributed by atoms with Gasteiger partial charge in [0.2, 0.25) is 0 Å². The second kappa shape index (κ2) is 13.0. The normalized spacial score (nSPS) is 30.6. The van der Waals surface area contributed by atoms with Gasteiger partial charge in [-0.3, -0.25) is 0 Å². The zero-order valence-corrected chi connectivity index (χ0v) is 15.5. The summed E-state index contributed by atoms with van der Waals surface area (Å²) in [5.41, 5.74) is 0. The van der Waals surface area contributed by atoms with Crippen LogP contribution in [0.25, 0.3) is 0 Å². The molecule has 0 aromatic heterocycles. The molecule has 1 rings (SSSR count). The Labute approximate surface area is 146 Å². The number of aliphatic hydroxyl groups excluding tert-OH is 2. The fourth-order valence-electron chi connectivity index (χ4n) is 2.51. The molecule has 0 radical (unpaired) electrons. The van der Waals surface area contributed by atoms with Gasteiger partial charge in [0.15, 0.2) is 6.29 Å². The average Bonchev–Trinajstić information content (AvgIpc) is 2.58. The quantitative estimate of drug-likeness (QED) is 0.497. The van der Waals surface area contributed by atoms with Gasteiger partial charge < -0.3 is 29.2 Å². The molecule has 1 saturated heterocycles. The summed E-state index contributed by atoms with van der Waals surface area (Å²) in [6.07, 6.45) is 1.81. The molecule has 0 aromatic rings. The standard InChI is InChI=1S/C18H36O6/c1-4-7-10-21-13-14-15(19)16(20)17(22-11-8-5-2)18(24-14)23-12-9-6-3/h14-20H,4-13H2,1-3H3/t14?,15?,16?,17?,18-/m1/s1. The fraction of sp³-hybridized carbons (Fsp3) is 1.00. The van der Waals surface area contributed by atoms with E-state index < -0.39 is 30.7 Å². The fourth-order valence-corrected chi connectivity index (χ4v) is 2.51. The van der Waals surface area contributed by atoms with Crippen molar-refractivity contribution in [1.82, 2.24) is 0 Å². The topological polar surface area (TPSA) is 77.4 Å². The van der Waals surface area contributed by atoms with Crippen LogP contribution < -0.4 is 0 Å². The van der Waals surface area contributed by atoms with E-state index in [1.807, 2.05) is 0 Å². The molecule has 6 nitrogen and oxygen atoms in total. The predicted molar refractivity (Wildman–Crippen MR) is 91.9 cm³/mol. The van der Waals surface area contributed by atoms with E-state index in [1.165, 1.54) is 0 Å². The van der Waals surface area contributed by atoms with Crippen molar-refractivity contribution in [2.45, 2.75) is 90.0 Å². The van der Waals surface area contributed by atoms with E-state index in [9.17, 15) is 10.2 Å². The minimum absolute atomic E-state index is 0.244. The smallest absolute Gasteiger partial charge is 0.186 e. The largest absolute Gasteiger partial charge is 0.387 e. The molecule has 144 valence electrons. The van der Waals surface area contributed by atoms with E-state index in [0.717, 1.165) is 38.5 Å². The molecule has 0 aromatic carbocycles. The van der Waals surface area contributed by atoms with E-state index in [4.69, 9.17) is 18.9 Å². The first kappa shape index (κ1) is 21.8. The van der Waals surface area contributed by atoms with Crippen molar-refractivity contribution in [3.05, 3.63) is 0 Å². The molecule has 0 amide bonds. The first-order valence-electron chi connectivity index (χ1n) is 9.48. The van der Waals surface area contributed by atoms with Crippen LogP contribution in [0.1, 0.15) is 59.3 Å². The van der Waals surface area contributed by atoms with Gasteiger partial charge in [-0.2, -0.15) is 0 Å². The Balaban J connectivity index is 2.59. The Morgan fingerprint density at radius 1 is 0.792 bits per heavy atom. The molecular weight excluding hydrogens is 312 g/mol. The van der Waals surface area contributed by atoms with Gasteiger partial charge in [0.25, 0.3) is 0 Å². The summed E-state index contributed by atoms with van der Waals surface area (Å²) < 4.78 is 22.9. The molecule has 0 bridgehead atoms. The summed E-state index contributed by atoms with van der Waals surface area (Å²) in [7, 11) is 0. The molecular formula is C18H36O6. The maximum atomic E-state index is 10.4. The number of aliphatic hydroxyl groups is 2. The van der Waals surface area contributed by atoms with Crippen LogP contribution in [0.2, 0.25) is 0 Å². The van der Waals surface area contributed by atoms with Crippen LogP contribution in [0.5, 0.6) is 0 Å². The Kier molecular flexibility index (Phi) is 11.8. The van der Waals surface area contributed by atoms with Crippen molar-refractivity contribution in [3.8, 4) is 0 Å². The summed E-state index contributed by atoms with van der Waals surface area (Å²) in [5, 5.41) is 20.8. The highest BCUT2D eigenvalue weighted by molar-refractivity contribution is 4.90. The number of rotatable bonds is 13. The van der Waals surface area contributed by atoms with Crippen LogP contribution in [0.3, 0.4) is 0 Å². The zero-order chi connectivity index (χ0) is 17.8. The van der Waals surface area contributed by atoms with E-state index >= 15 is 0 Å². The van der Waals surface area contributed by atoms with Gasteiger partial charge in [0, 0.05) is 19.8 Å². The Morgan fingerprint density at radius 3 is 2.00 bits per heavy atom. The SMILES string of the molecule is CCCCOCC1O[C@@H](OCCCC)C(OCCCC)C(O)C1O. The second-order valence-electron chi connectivity index (χ2n) is 6.37. The third-order valence-electron chi connectivity index (χ3n) is 4.16. The molecule has 4 unspecified atom stereocenters. The molecule has 1 aliphatic heterocycles. The van der Waals surface area contributed by atoms with Crippen molar-refractivity contribution in [2.24, 2.45) is 0 Å². The summed E-state index contributed by atoms with van der Waals surface area (Å²) in [6, 6.07) is 0. The molecule has 5 atom stereocenters. The second-order valence-corrected chi connectivity index (χ2v) is 6.37. The van der Waals surface area contributed by atoms with E-state index in [1.54, 1.807) is 0 Å². The molecule has 0 spiro atoms. The Morgan fingerprint density at radius 2 is 1.38 bits per heavy atom. The lowest BCUT2D eigenvalue weighted by Gasteiger charge is -2.42. The summed E-state index contributed by atoms with van der Waals surface area (Å²) in [4.78, 5) is 0. The van der Waals surface area contributed by atoms with Crippen LogP contribution in [0.4, 0.5) is 0 Å². The van der Waals surface area contributed by atoms with Crippen LogP contribution in [-0.4, -0.2) is 67.3 Å². The van der Waals surface area contributed by atoms with Gasteiger partial charge in [-0.15, -0.1) is 0 Å². The van der Waals surface area contributed by atoms with Gasteiger partial charge in [0.05, 0.1) is 6.61 Å². The highest BCUT2D eigenvalue weighted by Gasteiger charge is 2.45. The Bertz CT molecular complexity index is 299. The lowest BCUT2D eigenvalue weighted by molar-refractivity contribution is -0.311. The van der Waals surface area contributed by atoms with Crippen molar-refractivity contribution >= 4 is 0 Å². The molecule has 0 saturated carbocycles. The van der Waals surface area contributed by atoms with Gasteiger partial charge >= 0.3 is 0 Å². The molecule has 1 aliphatic rings. The van der Waals surface area contributed by atoms with Crippen LogP contribution in [-0.2, 0) is 18.9 Å². The van der Waals surface area contributed by atoms with Gasteiger partial charge in [-0.05, 0) is 19.3 Å². The van der Waals surface area contributed by atoms with Crippen molar-refractivity contribution in [1.29, 1.82) is 0 Å². The van der Waals surface area contributed by atoms with Gasteiger partial charge in [-0.1, -0.05) is 40.0 Å². The first-order chi connectivity index (χ1) is 11.7. The van der Waals surface area contributed by atoms with Crippen LogP contribution in [0.15, 0.2) is 0 Å². The van der Waals surface area contributed by atoms with Crippen molar-refractivity contribution in [3.63, 3.8) is 0 Å². The monoisotopic (exact) mass is 348 g/mol. The maximum Gasteiger partial charge on any atom is 0.186 e. The number of unbranched alkanes of at least 4 members (excludes halogenated alkanes) is 3. The lowest BCUT2D eigenvalue weighted by atomic mass is 9.99. The van der Waals surface area contributed by atoms with E-state index in [2.05, 4.69) is 20.8 Å². The molecule has 2 N–H and O–H groups in total. The highest BCUT2D eigenvalue weighted by atomic mass is 16.7. The third kappa shape index (κ3) is 7.33. The average molecular weight is 348 g/mol. The Hall–Kier alpha value is -0.240. The summed E-state index contributed by atoms with van der Waals surface area (Å²) >= 11 is 0. The molecule has 6 heteroatoms. The van der Waals surface area contributed by atoms with Crippen LogP contribution >= 0.6 is 0 Å². The first-order valence-corrected chi connectivity index (χ1v) is 9.48. The van der Waals surface area contributed by atoms with Crippen molar-refractivity contribution in [2.75, 3.05) is 26.4 Å². The number of hydrogen-bond acceptors (Lipinski definition) is 6. The van der Waals surface area contributed by atoms with Gasteiger partial charge in [-0.25, -0.2) is 0 Å². The lowest BCUT2D eigenvalue weighted by Crippen LogP contribution is -2.60. The third-order valence-corrected chi connectivity index (χ3v) is 4.16.